The maximum absolute atomic E-state index is 6.46. The van der Waals surface area contributed by atoms with Crippen molar-refractivity contribution in [2.75, 3.05) is 0 Å². The molecule has 2 N–H and O–H groups in total. The maximum Gasteiger partial charge on any atom is 0.318 e. The Kier molecular flexibility index (Phi) is 5.65. The van der Waals surface area contributed by atoms with Gasteiger partial charge in [0.2, 0.25) is 0 Å². The summed E-state index contributed by atoms with van der Waals surface area (Å²) in [7, 11) is -1.64. The summed E-state index contributed by atoms with van der Waals surface area (Å²) in [6.45, 7) is 20.4. The van der Waals surface area contributed by atoms with Gasteiger partial charge in [0, 0.05) is 22.2 Å². The third-order valence-electron chi connectivity index (χ3n) is 5.07. The van der Waals surface area contributed by atoms with Gasteiger partial charge in [-0.3, -0.25) is 0 Å². The van der Waals surface area contributed by atoms with E-state index in [4.69, 9.17) is 8.85 Å². The molecule has 0 bridgehead atoms. The van der Waals surface area contributed by atoms with Gasteiger partial charge in [-0.2, -0.15) is 0 Å². The van der Waals surface area contributed by atoms with Crippen LogP contribution in [0.2, 0.25) is 6.55 Å². The van der Waals surface area contributed by atoms with E-state index in [1.165, 1.54) is 0 Å². The van der Waals surface area contributed by atoms with Gasteiger partial charge in [-0.1, -0.05) is 0 Å². The Balaban J connectivity index is 1.92. The highest BCUT2D eigenvalue weighted by Gasteiger charge is 2.41. The third kappa shape index (κ3) is 6.10. The van der Waals surface area contributed by atoms with E-state index in [1.54, 1.807) is 0 Å². The SMILES string of the molecule is C[SiH](OC1CC(C)(C)NC(C)(C)C1)OC1CC(C)(C)NC(C)(C)C1. The molecule has 2 rings (SSSR count). The van der Waals surface area contributed by atoms with Crippen LogP contribution >= 0.6 is 0 Å². The summed E-state index contributed by atoms with van der Waals surface area (Å²) in [6, 6.07) is 0. The van der Waals surface area contributed by atoms with E-state index in [0.29, 0.717) is 12.2 Å². The Labute approximate surface area is 151 Å². The van der Waals surface area contributed by atoms with Crippen LogP contribution in [0.5, 0.6) is 0 Å². The quantitative estimate of drug-likeness (QED) is 0.757. The van der Waals surface area contributed by atoms with E-state index in [-0.39, 0.29) is 22.2 Å². The van der Waals surface area contributed by atoms with Crippen LogP contribution in [0, 0.1) is 0 Å². The van der Waals surface area contributed by atoms with Gasteiger partial charge in [-0.05, 0) is 87.6 Å². The first kappa shape index (κ1) is 20.4. The molecule has 2 aliphatic heterocycles. The lowest BCUT2D eigenvalue weighted by atomic mass is 9.81. The number of hydrogen-bond acceptors (Lipinski definition) is 4. The molecule has 4 nitrogen and oxygen atoms in total. The normalized spacial score (nSPS) is 29.8. The van der Waals surface area contributed by atoms with Crippen LogP contribution in [0.25, 0.3) is 0 Å². The number of piperidine rings is 2. The fourth-order valence-corrected chi connectivity index (χ4v) is 6.76. The van der Waals surface area contributed by atoms with Gasteiger partial charge >= 0.3 is 9.28 Å². The lowest BCUT2D eigenvalue weighted by molar-refractivity contribution is 0.00403. The average Bonchev–Trinajstić information content (AvgIpc) is 2.17. The first-order chi connectivity index (χ1) is 10.7. The third-order valence-corrected chi connectivity index (χ3v) is 6.61. The van der Waals surface area contributed by atoms with Crippen LogP contribution < -0.4 is 10.6 Å². The minimum atomic E-state index is -1.64. The highest BCUT2D eigenvalue weighted by atomic mass is 28.3. The highest BCUT2D eigenvalue weighted by Crippen LogP contribution is 2.33. The predicted octanol–water partition coefficient (Wildman–Crippen LogP) is 3.49. The van der Waals surface area contributed by atoms with E-state index >= 15 is 0 Å². The number of nitrogens with one attached hydrogen (secondary N) is 2. The fraction of sp³-hybridized carbons (Fsp3) is 1.00. The van der Waals surface area contributed by atoms with Gasteiger partial charge in [0.1, 0.15) is 0 Å². The van der Waals surface area contributed by atoms with Gasteiger partial charge in [0.25, 0.3) is 0 Å². The monoisotopic (exact) mass is 356 g/mol. The standard InChI is InChI=1S/C19H40N2O2Si/c1-16(2)10-14(11-17(3,4)20-16)22-24(9)23-15-12-18(5,6)21-19(7,8)13-15/h14-15,20-21,24H,10-13H2,1-9H3. The van der Waals surface area contributed by atoms with Crippen LogP contribution in [-0.2, 0) is 8.85 Å². The molecule has 2 aliphatic rings. The van der Waals surface area contributed by atoms with Crippen molar-refractivity contribution >= 4 is 9.28 Å². The summed E-state index contributed by atoms with van der Waals surface area (Å²) >= 11 is 0. The largest absolute Gasteiger partial charge is 0.393 e. The zero-order valence-electron chi connectivity index (χ0n) is 17.4. The Hall–Kier alpha value is 0.0569. The summed E-state index contributed by atoms with van der Waals surface area (Å²) in [6.07, 6.45) is 4.84. The number of rotatable bonds is 4. The molecular formula is C19H40N2O2Si. The summed E-state index contributed by atoms with van der Waals surface area (Å²) in [5.41, 5.74) is 0.497. The van der Waals surface area contributed by atoms with Crippen molar-refractivity contribution in [1.29, 1.82) is 0 Å². The van der Waals surface area contributed by atoms with Crippen molar-refractivity contribution in [2.24, 2.45) is 0 Å². The fourth-order valence-electron chi connectivity index (χ4n) is 5.22. The smallest absolute Gasteiger partial charge is 0.318 e. The van der Waals surface area contributed by atoms with E-state index < -0.39 is 9.28 Å². The molecule has 24 heavy (non-hydrogen) atoms. The van der Waals surface area contributed by atoms with Gasteiger partial charge < -0.3 is 19.5 Å². The minimum absolute atomic E-state index is 0.124. The van der Waals surface area contributed by atoms with Crippen LogP contribution in [0.15, 0.2) is 0 Å². The molecule has 0 amide bonds. The molecule has 0 aliphatic carbocycles. The molecule has 142 valence electrons. The Morgan fingerprint density at radius 3 is 1.12 bits per heavy atom. The van der Waals surface area contributed by atoms with E-state index in [2.05, 4.69) is 72.6 Å². The first-order valence-electron chi connectivity index (χ1n) is 9.57. The zero-order valence-corrected chi connectivity index (χ0v) is 18.5. The Morgan fingerprint density at radius 2 is 0.875 bits per heavy atom. The molecule has 5 heteroatoms. The molecule has 0 aromatic rings. The minimum Gasteiger partial charge on any atom is -0.393 e. The van der Waals surface area contributed by atoms with Crippen LogP contribution in [0.1, 0.15) is 81.1 Å². The molecule has 0 atom stereocenters. The van der Waals surface area contributed by atoms with Crippen LogP contribution in [-0.4, -0.2) is 43.6 Å². The summed E-state index contributed by atoms with van der Waals surface area (Å²) in [5, 5.41) is 7.45. The molecule has 0 aromatic carbocycles. The molecule has 0 saturated carbocycles. The lowest BCUT2D eigenvalue weighted by Gasteiger charge is -2.48. The van der Waals surface area contributed by atoms with E-state index in [9.17, 15) is 0 Å². The Bertz CT molecular complexity index is 377. The van der Waals surface area contributed by atoms with Gasteiger partial charge in [0.15, 0.2) is 0 Å². The molecule has 0 unspecified atom stereocenters. The molecular weight excluding hydrogens is 316 g/mol. The maximum atomic E-state index is 6.46. The second-order valence-electron chi connectivity index (χ2n) is 10.7. The van der Waals surface area contributed by atoms with Crippen molar-refractivity contribution in [3.8, 4) is 0 Å². The van der Waals surface area contributed by atoms with E-state index in [0.717, 1.165) is 25.7 Å². The number of hydrogen-bond donors (Lipinski definition) is 2. The summed E-state index contributed by atoms with van der Waals surface area (Å²) < 4.78 is 12.9. The van der Waals surface area contributed by atoms with Crippen LogP contribution in [0.3, 0.4) is 0 Å². The molecule has 0 spiro atoms. The molecule has 2 saturated heterocycles. The van der Waals surface area contributed by atoms with Crippen LogP contribution in [0.4, 0.5) is 0 Å². The van der Waals surface area contributed by atoms with Crippen molar-refractivity contribution < 1.29 is 8.85 Å². The lowest BCUT2D eigenvalue weighted by Crippen LogP contribution is -2.61. The molecule has 2 heterocycles. The average molecular weight is 357 g/mol. The van der Waals surface area contributed by atoms with E-state index in [1.807, 2.05) is 0 Å². The molecule has 2 fully saturated rings. The highest BCUT2D eigenvalue weighted by molar-refractivity contribution is 6.42. The molecule has 0 radical (unpaired) electrons. The van der Waals surface area contributed by atoms with Gasteiger partial charge in [-0.15, -0.1) is 0 Å². The Morgan fingerprint density at radius 1 is 0.625 bits per heavy atom. The predicted molar refractivity (Wildman–Crippen MR) is 104 cm³/mol. The molecule has 0 aromatic heterocycles. The van der Waals surface area contributed by atoms with Crippen molar-refractivity contribution in [3.63, 3.8) is 0 Å². The second-order valence-corrected chi connectivity index (χ2v) is 12.4. The van der Waals surface area contributed by atoms with Crippen molar-refractivity contribution in [2.45, 2.75) is 122 Å². The van der Waals surface area contributed by atoms with Gasteiger partial charge in [0.05, 0.1) is 12.2 Å². The second kappa shape index (κ2) is 6.65. The topological polar surface area (TPSA) is 42.5 Å². The van der Waals surface area contributed by atoms with Crippen molar-refractivity contribution in [3.05, 3.63) is 0 Å². The van der Waals surface area contributed by atoms with Gasteiger partial charge in [-0.25, -0.2) is 0 Å². The first-order valence-corrected chi connectivity index (χ1v) is 11.7. The summed E-state index contributed by atoms with van der Waals surface area (Å²) in [4.78, 5) is 0. The zero-order chi connectivity index (χ0) is 18.4. The van der Waals surface area contributed by atoms with Crippen molar-refractivity contribution in [1.82, 2.24) is 10.6 Å². The summed E-state index contributed by atoms with van der Waals surface area (Å²) in [5.74, 6) is 0.